The predicted octanol–water partition coefficient (Wildman–Crippen LogP) is 3.82. The highest BCUT2D eigenvalue weighted by Gasteiger charge is 2.24. The third kappa shape index (κ3) is 3.93. The number of rotatable bonds is 4. The largest absolute Gasteiger partial charge is 0.349 e. The fourth-order valence-electron chi connectivity index (χ4n) is 2.85. The maximum absolute atomic E-state index is 12.2. The summed E-state index contributed by atoms with van der Waals surface area (Å²) in [7, 11) is 0. The van der Waals surface area contributed by atoms with Gasteiger partial charge in [0, 0.05) is 12.2 Å². The molecule has 1 fully saturated rings. The Bertz CT molecular complexity index is 413. The molecule has 0 radical (unpaired) electrons. The number of carbonyl (C=O) groups excluding carboxylic acids is 1. The van der Waals surface area contributed by atoms with E-state index in [0.717, 1.165) is 6.42 Å². The van der Waals surface area contributed by atoms with Crippen LogP contribution in [0.5, 0.6) is 0 Å². The Balaban J connectivity index is 1.97. The van der Waals surface area contributed by atoms with E-state index in [-0.39, 0.29) is 11.9 Å². The van der Waals surface area contributed by atoms with Crippen LogP contribution in [0.3, 0.4) is 0 Å². The van der Waals surface area contributed by atoms with Gasteiger partial charge in [-0.05, 0) is 37.3 Å². The van der Waals surface area contributed by atoms with Crippen LogP contribution in [-0.2, 0) is 0 Å². The molecular formula is C15H21ClN2O. The lowest BCUT2D eigenvalue weighted by atomic mass is 9.83. The minimum absolute atomic E-state index is 0.0402. The Morgan fingerprint density at radius 1 is 1.42 bits per heavy atom. The van der Waals surface area contributed by atoms with Gasteiger partial charge in [0.1, 0.15) is 5.15 Å². The summed E-state index contributed by atoms with van der Waals surface area (Å²) in [5, 5.41) is 3.56. The fraction of sp³-hybridized carbons (Fsp3) is 0.600. The number of carbonyl (C=O) groups is 1. The minimum Gasteiger partial charge on any atom is -0.349 e. The van der Waals surface area contributed by atoms with Crippen LogP contribution >= 0.6 is 11.6 Å². The van der Waals surface area contributed by atoms with Crippen molar-refractivity contribution in [3.05, 3.63) is 29.0 Å². The summed E-state index contributed by atoms with van der Waals surface area (Å²) in [4.78, 5) is 16.1. The van der Waals surface area contributed by atoms with Gasteiger partial charge >= 0.3 is 0 Å². The summed E-state index contributed by atoms with van der Waals surface area (Å²) in [6, 6.07) is 3.65. The molecule has 2 rings (SSSR count). The van der Waals surface area contributed by atoms with Crippen LogP contribution in [0.25, 0.3) is 0 Å². The Hall–Kier alpha value is -1.09. The minimum atomic E-state index is -0.0402. The molecule has 1 atom stereocenters. The van der Waals surface area contributed by atoms with E-state index in [9.17, 15) is 4.79 Å². The molecule has 1 aliphatic carbocycles. The molecule has 1 amide bonds. The molecular weight excluding hydrogens is 260 g/mol. The van der Waals surface area contributed by atoms with E-state index in [1.165, 1.54) is 38.3 Å². The highest BCUT2D eigenvalue weighted by molar-refractivity contribution is 6.29. The topological polar surface area (TPSA) is 42.0 Å². The van der Waals surface area contributed by atoms with E-state index in [4.69, 9.17) is 11.6 Å². The lowest BCUT2D eigenvalue weighted by Crippen LogP contribution is -2.40. The average Bonchev–Trinajstić information content (AvgIpc) is 2.46. The molecule has 0 spiro atoms. The molecule has 1 heterocycles. The Kier molecular flexibility index (Phi) is 5.20. The van der Waals surface area contributed by atoms with Crippen molar-refractivity contribution < 1.29 is 4.79 Å². The molecule has 0 saturated heterocycles. The summed E-state index contributed by atoms with van der Waals surface area (Å²) in [5.41, 5.74) is 0.582. The van der Waals surface area contributed by atoms with Crippen molar-refractivity contribution in [3.63, 3.8) is 0 Å². The molecule has 1 aliphatic rings. The van der Waals surface area contributed by atoms with Crippen LogP contribution < -0.4 is 5.32 Å². The monoisotopic (exact) mass is 280 g/mol. The Labute approximate surface area is 119 Å². The summed E-state index contributed by atoms with van der Waals surface area (Å²) in [5.74, 6) is 0.588. The molecule has 0 aliphatic heterocycles. The van der Waals surface area contributed by atoms with E-state index < -0.39 is 0 Å². The van der Waals surface area contributed by atoms with E-state index in [0.29, 0.717) is 16.6 Å². The van der Waals surface area contributed by atoms with Crippen LogP contribution in [0.15, 0.2) is 18.3 Å². The Morgan fingerprint density at radius 3 is 2.74 bits per heavy atom. The van der Waals surface area contributed by atoms with Crippen molar-refractivity contribution in [2.24, 2.45) is 5.92 Å². The molecule has 104 valence electrons. The van der Waals surface area contributed by atoms with Gasteiger partial charge < -0.3 is 5.32 Å². The number of hydrogen-bond acceptors (Lipinski definition) is 2. The van der Waals surface area contributed by atoms with Crippen molar-refractivity contribution in [1.29, 1.82) is 0 Å². The van der Waals surface area contributed by atoms with Gasteiger partial charge in [0.15, 0.2) is 0 Å². The van der Waals surface area contributed by atoms with Crippen molar-refractivity contribution in [3.8, 4) is 0 Å². The molecule has 1 unspecified atom stereocenters. The Morgan fingerprint density at radius 2 is 2.16 bits per heavy atom. The zero-order valence-corrected chi connectivity index (χ0v) is 12.1. The first kappa shape index (κ1) is 14.3. The van der Waals surface area contributed by atoms with Gasteiger partial charge in [-0.2, -0.15) is 0 Å². The number of hydrogen-bond donors (Lipinski definition) is 1. The van der Waals surface area contributed by atoms with Crippen molar-refractivity contribution >= 4 is 17.5 Å². The van der Waals surface area contributed by atoms with Gasteiger partial charge in [0.25, 0.3) is 5.91 Å². The number of amides is 1. The van der Waals surface area contributed by atoms with Gasteiger partial charge in [-0.3, -0.25) is 4.79 Å². The molecule has 0 bridgehead atoms. The normalized spacial score (nSPS) is 18.0. The van der Waals surface area contributed by atoms with Crippen LogP contribution in [0.2, 0.25) is 5.15 Å². The second kappa shape index (κ2) is 6.90. The van der Waals surface area contributed by atoms with E-state index in [2.05, 4.69) is 17.2 Å². The van der Waals surface area contributed by atoms with E-state index >= 15 is 0 Å². The smallest absolute Gasteiger partial charge is 0.253 e. The highest BCUT2D eigenvalue weighted by atomic mass is 35.5. The molecule has 1 saturated carbocycles. The second-order valence-electron chi connectivity index (χ2n) is 5.26. The molecule has 1 aromatic rings. The zero-order valence-electron chi connectivity index (χ0n) is 11.4. The molecule has 1 aromatic heterocycles. The maximum Gasteiger partial charge on any atom is 0.253 e. The first-order valence-electron chi connectivity index (χ1n) is 7.13. The van der Waals surface area contributed by atoms with Crippen molar-refractivity contribution in [1.82, 2.24) is 10.3 Å². The molecule has 4 heteroatoms. The summed E-state index contributed by atoms with van der Waals surface area (Å²) < 4.78 is 0. The van der Waals surface area contributed by atoms with Gasteiger partial charge in [0.2, 0.25) is 0 Å². The van der Waals surface area contributed by atoms with Crippen molar-refractivity contribution in [2.45, 2.75) is 51.5 Å². The van der Waals surface area contributed by atoms with Gasteiger partial charge in [-0.15, -0.1) is 0 Å². The standard InChI is InChI=1S/C15H21ClN2O/c1-2-13(11-6-4-3-5-7-11)18-15(19)12-8-9-14(16)17-10-12/h8-11,13H,2-7H2,1H3,(H,18,19). The zero-order chi connectivity index (χ0) is 13.7. The summed E-state index contributed by atoms with van der Waals surface area (Å²) in [6.07, 6.45) is 8.90. The van der Waals surface area contributed by atoms with Gasteiger partial charge in [0.05, 0.1) is 5.56 Å². The molecule has 3 nitrogen and oxygen atoms in total. The summed E-state index contributed by atoms with van der Waals surface area (Å²) >= 11 is 5.73. The molecule has 0 aromatic carbocycles. The van der Waals surface area contributed by atoms with Crippen LogP contribution in [0.1, 0.15) is 55.8 Å². The first-order chi connectivity index (χ1) is 9.20. The quantitative estimate of drug-likeness (QED) is 0.852. The number of nitrogens with one attached hydrogen (secondary N) is 1. The summed E-state index contributed by atoms with van der Waals surface area (Å²) in [6.45, 7) is 2.14. The SMILES string of the molecule is CCC(NC(=O)c1ccc(Cl)nc1)C1CCCCC1. The van der Waals surface area contributed by atoms with Crippen LogP contribution in [0.4, 0.5) is 0 Å². The fourth-order valence-corrected chi connectivity index (χ4v) is 2.96. The predicted molar refractivity (Wildman–Crippen MR) is 77.4 cm³/mol. The lowest BCUT2D eigenvalue weighted by Gasteiger charge is -2.30. The van der Waals surface area contributed by atoms with E-state index in [1.54, 1.807) is 12.1 Å². The first-order valence-corrected chi connectivity index (χ1v) is 7.51. The highest BCUT2D eigenvalue weighted by Crippen LogP contribution is 2.27. The van der Waals surface area contributed by atoms with Gasteiger partial charge in [-0.25, -0.2) is 4.98 Å². The lowest BCUT2D eigenvalue weighted by molar-refractivity contribution is 0.0911. The second-order valence-corrected chi connectivity index (χ2v) is 5.64. The van der Waals surface area contributed by atoms with Crippen LogP contribution in [0, 0.1) is 5.92 Å². The van der Waals surface area contributed by atoms with E-state index in [1.807, 2.05) is 0 Å². The third-order valence-electron chi connectivity index (χ3n) is 3.96. The maximum atomic E-state index is 12.2. The molecule has 19 heavy (non-hydrogen) atoms. The van der Waals surface area contributed by atoms with Crippen molar-refractivity contribution in [2.75, 3.05) is 0 Å². The number of nitrogens with zero attached hydrogens (tertiary/aromatic N) is 1. The number of halogens is 1. The third-order valence-corrected chi connectivity index (χ3v) is 4.19. The van der Waals surface area contributed by atoms with Crippen LogP contribution in [-0.4, -0.2) is 16.9 Å². The van der Waals surface area contributed by atoms with Gasteiger partial charge in [-0.1, -0.05) is 37.8 Å². The average molecular weight is 281 g/mol. The molecule has 1 N–H and O–H groups in total. The number of aromatic nitrogens is 1. The number of pyridine rings is 1.